The van der Waals surface area contributed by atoms with Crippen molar-refractivity contribution in [1.82, 2.24) is 10.6 Å². The third-order valence-corrected chi connectivity index (χ3v) is 7.50. The summed E-state index contributed by atoms with van der Waals surface area (Å²) in [6.07, 6.45) is 8.39. The fourth-order valence-corrected chi connectivity index (χ4v) is 6.72. The van der Waals surface area contributed by atoms with E-state index in [1.165, 1.54) is 38.5 Å². The van der Waals surface area contributed by atoms with Gasteiger partial charge in [0.1, 0.15) is 0 Å². The average Bonchev–Trinajstić information content (AvgIpc) is 2.70. The van der Waals surface area contributed by atoms with Gasteiger partial charge in [-0.1, -0.05) is 42.5 Å². The Morgan fingerprint density at radius 1 is 0.828 bits per heavy atom. The maximum atomic E-state index is 12.4. The molecule has 4 aliphatic rings. The molecule has 4 aliphatic carbocycles. The summed E-state index contributed by atoms with van der Waals surface area (Å²) in [5.74, 6) is 2.49. The van der Waals surface area contributed by atoms with Crippen molar-refractivity contribution in [3.63, 3.8) is 0 Å². The number of rotatable bonds is 6. The molecule has 2 amide bonds. The molecule has 0 unspecified atom stereocenters. The van der Waals surface area contributed by atoms with Crippen LogP contribution in [-0.4, -0.2) is 24.9 Å². The first-order valence-corrected chi connectivity index (χ1v) is 11.1. The van der Waals surface area contributed by atoms with E-state index in [4.69, 9.17) is 0 Å². The van der Waals surface area contributed by atoms with Gasteiger partial charge < -0.3 is 10.6 Å². The molecule has 29 heavy (non-hydrogen) atoms. The van der Waals surface area contributed by atoms with Crippen molar-refractivity contribution in [3.8, 4) is 0 Å². The van der Waals surface area contributed by atoms with Crippen molar-refractivity contribution in [3.05, 3.63) is 48.0 Å². The second-order valence-electron chi connectivity index (χ2n) is 9.79. The number of carbonyl (C=O) groups is 2. The molecule has 2 N–H and O–H groups in total. The van der Waals surface area contributed by atoms with Crippen LogP contribution in [0.2, 0.25) is 0 Å². The Balaban J connectivity index is 1.12. The standard InChI is InChI=1S/C25H30N2O2/c28-23(11-21-6-3-5-20-4-1-2-7-22(20)21)26-15-24(29)27-16-25-12-17-8-18(13-25)10-19(9-17)14-25/h1-7,17-19H,8-16H2,(H,26,28)(H,27,29). The molecule has 0 aromatic heterocycles. The Morgan fingerprint density at radius 3 is 2.21 bits per heavy atom. The molecule has 0 aliphatic heterocycles. The van der Waals surface area contributed by atoms with Gasteiger partial charge in [-0.25, -0.2) is 0 Å². The van der Waals surface area contributed by atoms with Gasteiger partial charge in [0.25, 0.3) is 0 Å². The van der Waals surface area contributed by atoms with Crippen molar-refractivity contribution in [1.29, 1.82) is 0 Å². The molecule has 0 radical (unpaired) electrons. The zero-order valence-corrected chi connectivity index (χ0v) is 17.0. The molecule has 0 atom stereocenters. The SMILES string of the molecule is O=C(CNC(=O)Cc1cccc2ccccc12)NCC12CC3CC(CC(C3)C1)C2. The molecule has 2 aromatic carbocycles. The number of fused-ring (bicyclic) bond motifs is 1. The average molecular weight is 391 g/mol. The summed E-state index contributed by atoms with van der Waals surface area (Å²) in [6, 6.07) is 14.1. The van der Waals surface area contributed by atoms with E-state index >= 15 is 0 Å². The van der Waals surface area contributed by atoms with Crippen molar-refractivity contribution < 1.29 is 9.59 Å². The van der Waals surface area contributed by atoms with Crippen LogP contribution in [0.4, 0.5) is 0 Å². The van der Waals surface area contributed by atoms with E-state index in [2.05, 4.69) is 22.8 Å². The second kappa shape index (κ2) is 7.47. The predicted molar refractivity (Wildman–Crippen MR) is 114 cm³/mol. The Kier molecular flexibility index (Phi) is 4.81. The molecule has 0 heterocycles. The van der Waals surface area contributed by atoms with Crippen molar-refractivity contribution in [2.45, 2.75) is 44.9 Å². The molecular weight excluding hydrogens is 360 g/mol. The number of benzene rings is 2. The fraction of sp³-hybridized carbons (Fsp3) is 0.520. The second-order valence-corrected chi connectivity index (χ2v) is 9.79. The van der Waals surface area contributed by atoms with E-state index in [0.717, 1.165) is 40.6 Å². The molecule has 4 heteroatoms. The van der Waals surface area contributed by atoms with E-state index in [0.29, 0.717) is 11.8 Å². The first-order chi connectivity index (χ1) is 14.1. The third-order valence-electron chi connectivity index (χ3n) is 7.50. The maximum absolute atomic E-state index is 12.4. The smallest absolute Gasteiger partial charge is 0.239 e. The third kappa shape index (κ3) is 3.90. The highest BCUT2D eigenvalue weighted by Crippen LogP contribution is 2.59. The molecule has 4 nitrogen and oxygen atoms in total. The molecule has 0 saturated heterocycles. The van der Waals surface area contributed by atoms with Gasteiger partial charge in [0, 0.05) is 6.54 Å². The molecule has 152 valence electrons. The maximum Gasteiger partial charge on any atom is 0.239 e. The van der Waals surface area contributed by atoms with Crippen LogP contribution < -0.4 is 10.6 Å². The van der Waals surface area contributed by atoms with Crippen molar-refractivity contribution in [2.75, 3.05) is 13.1 Å². The molecule has 4 bridgehead atoms. The highest BCUT2D eigenvalue weighted by molar-refractivity contribution is 5.91. The Hall–Kier alpha value is -2.36. The molecule has 2 aromatic rings. The lowest BCUT2D eigenvalue weighted by atomic mass is 9.49. The van der Waals surface area contributed by atoms with Gasteiger partial charge in [0.15, 0.2) is 0 Å². The minimum Gasteiger partial charge on any atom is -0.354 e. The first kappa shape index (κ1) is 18.7. The molecule has 6 rings (SSSR count). The van der Waals surface area contributed by atoms with Crippen molar-refractivity contribution >= 4 is 22.6 Å². The van der Waals surface area contributed by atoms with E-state index in [1.54, 1.807) is 0 Å². The Bertz CT molecular complexity index is 895. The van der Waals surface area contributed by atoms with Crippen LogP contribution in [0.5, 0.6) is 0 Å². The van der Waals surface area contributed by atoms with Crippen LogP contribution >= 0.6 is 0 Å². The lowest BCUT2D eigenvalue weighted by Gasteiger charge is -2.56. The van der Waals surface area contributed by atoms with Gasteiger partial charge in [-0.3, -0.25) is 9.59 Å². The van der Waals surface area contributed by atoms with Gasteiger partial charge in [-0.15, -0.1) is 0 Å². The number of hydrogen-bond donors (Lipinski definition) is 2. The quantitative estimate of drug-likeness (QED) is 0.788. The summed E-state index contributed by atoms with van der Waals surface area (Å²) in [5.41, 5.74) is 1.33. The lowest BCUT2D eigenvalue weighted by molar-refractivity contribution is -0.126. The van der Waals surface area contributed by atoms with Crippen LogP contribution in [0.1, 0.15) is 44.1 Å². The summed E-state index contributed by atoms with van der Waals surface area (Å²) in [4.78, 5) is 24.8. The van der Waals surface area contributed by atoms with Crippen LogP contribution in [0.25, 0.3) is 10.8 Å². The van der Waals surface area contributed by atoms with Crippen LogP contribution in [0.15, 0.2) is 42.5 Å². The van der Waals surface area contributed by atoms with Crippen LogP contribution in [-0.2, 0) is 16.0 Å². The van der Waals surface area contributed by atoms with Crippen molar-refractivity contribution in [2.24, 2.45) is 23.2 Å². The van der Waals surface area contributed by atoms with Gasteiger partial charge >= 0.3 is 0 Å². The van der Waals surface area contributed by atoms with E-state index in [1.807, 2.05) is 30.3 Å². The van der Waals surface area contributed by atoms with E-state index in [-0.39, 0.29) is 18.4 Å². The topological polar surface area (TPSA) is 58.2 Å². The Morgan fingerprint density at radius 2 is 1.48 bits per heavy atom. The molecular formula is C25H30N2O2. The van der Waals surface area contributed by atoms with Crippen LogP contribution in [0, 0.1) is 23.2 Å². The normalized spacial score (nSPS) is 29.7. The number of carbonyl (C=O) groups excluding carboxylic acids is 2. The number of hydrogen-bond acceptors (Lipinski definition) is 2. The van der Waals surface area contributed by atoms with E-state index < -0.39 is 0 Å². The lowest BCUT2D eigenvalue weighted by Crippen LogP contribution is -2.52. The summed E-state index contributed by atoms with van der Waals surface area (Å²) >= 11 is 0. The monoisotopic (exact) mass is 390 g/mol. The predicted octanol–water partition coefficient (Wildman–Crippen LogP) is 3.83. The van der Waals surface area contributed by atoms with E-state index in [9.17, 15) is 9.59 Å². The minimum atomic E-state index is -0.105. The fourth-order valence-electron chi connectivity index (χ4n) is 6.72. The highest BCUT2D eigenvalue weighted by Gasteiger charge is 2.50. The minimum absolute atomic E-state index is 0.0629. The summed E-state index contributed by atoms with van der Waals surface area (Å²) in [7, 11) is 0. The first-order valence-electron chi connectivity index (χ1n) is 11.1. The largest absolute Gasteiger partial charge is 0.354 e. The molecule has 4 fully saturated rings. The summed E-state index contributed by atoms with van der Waals surface area (Å²) < 4.78 is 0. The van der Waals surface area contributed by atoms with Gasteiger partial charge in [0.05, 0.1) is 13.0 Å². The van der Waals surface area contributed by atoms with Crippen LogP contribution in [0.3, 0.4) is 0 Å². The van der Waals surface area contributed by atoms with Gasteiger partial charge in [-0.2, -0.15) is 0 Å². The van der Waals surface area contributed by atoms with Gasteiger partial charge in [0.2, 0.25) is 11.8 Å². The molecule has 0 spiro atoms. The Labute approximate surface area is 172 Å². The zero-order valence-electron chi connectivity index (χ0n) is 17.0. The van der Waals surface area contributed by atoms with Gasteiger partial charge in [-0.05, 0) is 78.0 Å². The highest BCUT2D eigenvalue weighted by atomic mass is 16.2. The number of nitrogens with one attached hydrogen (secondary N) is 2. The zero-order chi connectivity index (χ0) is 19.8. The number of amides is 2. The summed E-state index contributed by atoms with van der Waals surface area (Å²) in [6.45, 7) is 0.852. The molecule has 4 saturated carbocycles. The summed E-state index contributed by atoms with van der Waals surface area (Å²) in [5, 5.41) is 8.16.